The van der Waals surface area contributed by atoms with E-state index in [0.717, 1.165) is 0 Å². The summed E-state index contributed by atoms with van der Waals surface area (Å²) in [6, 6.07) is 5.06. The van der Waals surface area contributed by atoms with Gasteiger partial charge in [-0.15, -0.1) is 0 Å². The smallest absolute Gasteiger partial charge is 0.211 e. The number of hydrogen-bond acceptors (Lipinski definition) is 3. The van der Waals surface area contributed by atoms with Gasteiger partial charge in [0.1, 0.15) is 5.82 Å². The van der Waals surface area contributed by atoms with Crippen LogP contribution in [0.2, 0.25) is 0 Å². The molecule has 1 N–H and O–H groups in total. The van der Waals surface area contributed by atoms with Crippen LogP contribution in [0.25, 0.3) is 11.3 Å². The Balaban J connectivity index is 2.40. The van der Waals surface area contributed by atoms with E-state index >= 15 is 0 Å². The van der Waals surface area contributed by atoms with Gasteiger partial charge in [-0.3, -0.25) is 0 Å². The van der Waals surface area contributed by atoms with Gasteiger partial charge in [0, 0.05) is 0 Å². The lowest BCUT2D eigenvalue weighted by atomic mass is 10.2. The minimum Gasteiger partial charge on any atom is -0.439 e. The molecule has 2 rings (SSSR count). The molecule has 17 heavy (non-hydrogen) atoms. The predicted molar refractivity (Wildman–Crippen MR) is 67.1 cm³/mol. The van der Waals surface area contributed by atoms with E-state index in [1.54, 1.807) is 18.2 Å². The molecule has 1 heterocycles. The molecule has 2 aromatic rings. The van der Waals surface area contributed by atoms with Crippen molar-refractivity contribution < 1.29 is 8.81 Å². The molecule has 0 bridgehead atoms. The van der Waals surface area contributed by atoms with Gasteiger partial charge in [0.05, 0.1) is 22.3 Å². The van der Waals surface area contributed by atoms with Gasteiger partial charge >= 0.3 is 0 Å². The van der Waals surface area contributed by atoms with Gasteiger partial charge in [0.25, 0.3) is 0 Å². The van der Waals surface area contributed by atoms with Crippen molar-refractivity contribution >= 4 is 15.9 Å². The largest absolute Gasteiger partial charge is 0.439 e. The van der Waals surface area contributed by atoms with Crippen molar-refractivity contribution in [2.24, 2.45) is 0 Å². The first-order valence-electron chi connectivity index (χ1n) is 5.21. The van der Waals surface area contributed by atoms with Crippen molar-refractivity contribution in [1.29, 1.82) is 0 Å². The first-order valence-corrected chi connectivity index (χ1v) is 6.00. The maximum atomic E-state index is 13.8. The number of aromatic nitrogens is 1. The maximum absolute atomic E-state index is 13.8. The van der Waals surface area contributed by atoms with Crippen LogP contribution in [0, 0.1) is 5.82 Å². The molecule has 1 unspecified atom stereocenters. The maximum Gasteiger partial charge on any atom is 0.211 e. The van der Waals surface area contributed by atoms with Crippen molar-refractivity contribution in [2.75, 3.05) is 7.05 Å². The highest BCUT2D eigenvalue weighted by Crippen LogP contribution is 2.29. The molecule has 1 aromatic carbocycles. The Bertz CT molecular complexity index is 527. The van der Waals surface area contributed by atoms with Crippen LogP contribution in [0.4, 0.5) is 4.39 Å². The molecule has 0 radical (unpaired) electrons. The van der Waals surface area contributed by atoms with Crippen LogP contribution in [0.15, 0.2) is 33.3 Å². The van der Waals surface area contributed by atoms with Gasteiger partial charge in [-0.2, -0.15) is 0 Å². The zero-order valence-corrected chi connectivity index (χ0v) is 11.1. The lowest BCUT2D eigenvalue weighted by Crippen LogP contribution is -2.12. The normalized spacial score (nSPS) is 12.7. The summed E-state index contributed by atoms with van der Waals surface area (Å²) >= 11 is 3.14. The minimum absolute atomic E-state index is 0.000959. The summed E-state index contributed by atoms with van der Waals surface area (Å²) in [5.74, 6) is 0.634. The number of benzene rings is 1. The van der Waals surface area contributed by atoms with Crippen LogP contribution >= 0.6 is 15.9 Å². The molecule has 0 amide bonds. The first-order chi connectivity index (χ1) is 8.13. The molecule has 0 aliphatic carbocycles. The van der Waals surface area contributed by atoms with E-state index in [9.17, 15) is 4.39 Å². The van der Waals surface area contributed by atoms with Crippen molar-refractivity contribution in [3.8, 4) is 11.3 Å². The van der Waals surface area contributed by atoms with Crippen LogP contribution in [-0.4, -0.2) is 12.0 Å². The number of nitrogens with one attached hydrogen (secondary N) is 1. The highest BCUT2D eigenvalue weighted by atomic mass is 79.9. The van der Waals surface area contributed by atoms with Gasteiger partial charge in [-0.05, 0) is 42.0 Å². The summed E-state index contributed by atoms with van der Waals surface area (Å²) < 4.78 is 19.8. The Morgan fingerprint density at radius 1 is 1.47 bits per heavy atom. The molecular weight excluding hydrogens is 287 g/mol. The van der Waals surface area contributed by atoms with E-state index in [1.807, 2.05) is 14.0 Å². The summed E-state index contributed by atoms with van der Waals surface area (Å²) in [7, 11) is 1.81. The number of oxazole rings is 1. The van der Waals surface area contributed by atoms with E-state index in [1.165, 1.54) is 6.20 Å². The van der Waals surface area contributed by atoms with E-state index in [-0.39, 0.29) is 11.9 Å². The van der Waals surface area contributed by atoms with Crippen LogP contribution in [-0.2, 0) is 0 Å². The number of halogens is 2. The Hall–Kier alpha value is -1.20. The Morgan fingerprint density at radius 3 is 2.94 bits per heavy atom. The van der Waals surface area contributed by atoms with E-state index in [4.69, 9.17) is 4.42 Å². The summed E-state index contributed by atoms with van der Waals surface area (Å²) in [6.45, 7) is 1.92. The molecule has 0 spiro atoms. The quantitative estimate of drug-likeness (QED) is 0.942. The van der Waals surface area contributed by atoms with E-state index in [0.29, 0.717) is 21.7 Å². The zero-order valence-electron chi connectivity index (χ0n) is 9.50. The fraction of sp³-hybridized carbons (Fsp3) is 0.250. The third-order valence-corrected chi connectivity index (χ3v) is 3.16. The average Bonchev–Trinajstić information content (AvgIpc) is 2.81. The van der Waals surface area contributed by atoms with Crippen LogP contribution in [0.1, 0.15) is 18.9 Å². The lowest BCUT2D eigenvalue weighted by Gasteiger charge is -2.04. The van der Waals surface area contributed by atoms with Gasteiger partial charge < -0.3 is 9.73 Å². The number of rotatable bonds is 3. The SMILES string of the molecule is CNC(C)c1ncc(-c2cccc(Br)c2F)o1. The number of nitrogens with zero attached hydrogens (tertiary/aromatic N) is 1. The van der Waals surface area contributed by atoms with Crippen molar-refractivity contribution in [3.63, 3.8) is 0 Å². The fourth-order valence-electron chi connectivity index (χ4n) is 1.43. The Morgan fingerprint density at radius 2 is 2.24 bits per heavy atom. The Kier molecular flexibility index (Phi) is 3.59. The van der Waals surface area contributed by atoms with Crippen LogP contribution in [0.5, 0.6) is 0 Å². The topological polar surface area (TPSA) is 38.1 Å². The Labute approximate surface area is 107 Å². The second-order valence-electron chi connectivity index (χ2n) is 3.67. The van der Waals surface area contributed by atoms with Crippen LogP contribution in [0.3, 0.4) is 0 Å². The molecule has 0 saturated heterocycles. The van der Waals surface area contributed by atoms with Crippen molar-refractivity contribution in [3.05, 3.63) is 40.6 Å². The fourth-order valence-corrected chi connectivity index (χ4v) is 1.80. The van der Waals surface area contributed by atoms with Crippen LogP contribution < -0.4 is 5.32 Å². The lowest BCUT2D eigenvalue weighted by molar-refractivity contribution is 0.439. The van der Waals surface area contributed by atoms with Gasteiger partial charge in [-0.25, -0.2) is 9.37 Å². The molecule has 1 atom stereocenters. The summed E-state index contributed by atoms with van der Waals surface area (Å²) in [6.07, 6.45) is 1.54. The van der Waals surface area contributed by atoms with E-state index in [2.05, 4.69) is 26.2 Å². The second-order valence-corrected chi connectivity index (χ2v) is 4.53. The second kappa shape index (κ2) is 4.98. The summed E-state index contributed by atoms with van der Waals surface area (Å²) in [5, 5.41) is 3.01. The molecule has 0 aliphatic heterocycles. The molecular formula is C12H12BrFN2O. The molecule has 0 aliphatic rings. The summed E-state index contributed by atoms with van der Waals surface area (Å²) in [4.78, 5) is 4.12. The van der Waals surface area contributed by atoms with Crippen molar-refractivity contribution in [1.82, 2.24) is 10.3 Å². The van der Waals surface area contributed by atoms with Gasteiger partial charge in [0.2, 0.25) is 5.89 Å². The molecule has 3 nitrogen and oxygen atoms in total. The molecule has 0 fully saturated rings. The van der Waals surface area contributed by atoms with E-state index < -0.39 is 0 Å². The third-order valence-electron chi connectivity index (χ3n) is 2.54. The highest BCUT2D eigenvalue weighted by Gasteiger charge is 2.15. The summed E-state index contributed by atoms with van der Waals surface area (Å²) in [5.41, 5.74) is 0.404. The standard InChI is InChI=1S/C12H12BrFN2O/c1-7(15-2)12-16-6-10(17-12)8-4-3-5-9(13)11(8)14/h3-7,15H,1-2H3. The molecule has 1 aromatic heterocycles. The molecule has 90 valence electrons. The molecule has 0 saturated carbocycles. The molecule has 5 heteroatoms. The monoisotopic (exact) mass is 298 g/mol. The first kappa shape index (κ1) is 12.3. The number of hydrogen-bond donors (Lipinski definition) is 1. The van der Waals surface area contributed by atoms with Crippen molar-refractivity contribution in [2.45, 2.75) is 13.0 Å². The van der Waals surface area contributed by atoms with Gasteiger partial charge in [0.15, 0.2) is 5.76 Å². The van der Waals surface area contributed by atoms with Gasteiger partial charge in [-0.1, -0.05) is 6.07 Å². The average molecular weight is 299 g/mol. The highest BCUT2D eigenvalue weighted by molar-refractivity contribution is 9.10. The minimum atomic E-state index is -0.340. The zero-order chi connectivity index (χ0) is 12.4. The third kappa shape index (κ3) is 2.40. The predicted octanol–water partition coefficient (Wildman–Crippen LogP) is 3.52.